The molecule has 2 rings (SSSR count). The molecular formula is C14H26Cl2N4O. The van der Waals surface area contributed by atoms with Crippen LogP contribution < -0.4 is 5.73 Å². The van der Waals surface area contributed by atoms with Gasteiger partial charge in [-0.25, -0.2) is 0 Å². The summed E-state index contributed by atoms with van der Waals surface area (Å²) < 4.78 is 1.80. The van der Waals surface area contributed by atoms with E-state index in [2.05, 4.69) is 5.10 Å². The van der Waals surface area contributed by atoms with E-state index >= 15 is 0 Å². The standard InChI is InChI=1S/C14H24N4O.2ClH/c1-11-9-12(2)18(16-11)10-14(19)17-8-4-3-5-13(17)6-7-15;;/h9,13H,3-8,10,15H2,1-2H3;2*1H. The van der Waals surface area contributed by atoms with E-state index in [0.717, 1.165) is 37.2 Å². The van der Waals surface area contributed by atoms with Gasteiger partial charge in [0.1, 0.15) is 6.54 Å². The smallest absolute Gasteiger partial charge is 0.244 e. The number of carbonyl (C=O) groups excluding carboxylic acids is 1. The predicted molar refractivity (Wildman–Crippen MR) is 89.2 cm³/mol. The minimum atomic E-state index is 0. The summed E-state index contributed by atoms with van der Waals surface area (Å²) in [5.74, 6) is 0.171. The quantitative estimate of drug-likeness (QED) is 0.915. The number of aryl methyl sites for hydroxylation is 2. The van der Waals surface area contributed by atoms with E-state index in [-0.39, 0.29) is 30.7 Å². The Hall–Kier alpha value is -0.780. The molecule has 0 aliphatic carbocycles. The van der Waals surface area contributed by atoms with Crippen LogP contribution in [0.5, 0.6) is 0 Å². The Morgan fingerprint density at radius 3 is 2.67 bits per heavy atom. The fourth-order valence-electron chi connectivity index (χ4n) is 2.88. The fraction of sp³-hybridized carbons (Fsp3) is 0.714. The lowest BCUT2D eigenvalue weighted by Crippen LogP contribution is -2.46. The number of halogens is 2. The van der Waals surface area contributed by atoms with Crippen molar-refractivity contribution in [2.24, 2.45) is 5.73 Å². The summed E-state index contributed by atoms with van der Waals surface area (Å²) >= 11 is 0. The lowest BCUT2D eigenvalue weighted by atomic mass is 9.99. The lowest BCUT2D eigenvalue weighted by Gasteiger charge is -2.35. The Morgan fingerprint density at radius 2 is 2.10 bits per heavy atom. The van der Waals surface area contributed by atoms with Gasteiger partial charge in [0.15, 0.2) is 0 Å². The minimum absolute atomic E-state index is 0. The van der Waals surface area contributed by atoms with Gasteiger partial charge in [-0.15, -0.1) is 24.8 Å². The first-order valence-corrected chi connectivity index (χ1v) is 7.12. The van der Waals surface area contributed by atoms with Crippen molar-refractivity contribution in [3.05, 3.63) is 17.5 Å². The normalized spacial score (nSPS) is 17.9. The van der Waals surface area contributed by atoms with Gasteiger partial charge < -0.3 is 10.6 Å². The Labute approximate surface area is 139 Å². The summed E-state index contributed by atoms with van der Waals surface area (Å²) in [6.45, 7) is 5.80. The third-order valence-corrected chi connectivity index (χ3v) is 3.84. The molecule has 0 saturated carbocycles. The second kappa shape index (κ2) is 9.28. The summed E-state index contributed by atoms with van der Waals surface area (Å²) in [4.78, 5) is 14.4. The molecule has 1 atom stereocenters. The van der Waals surface area contributed by atoms with Gasteiger partial charge in [0.2, 0.25) is 5.91 Å². The molecule has 0 radical (unpaired) electrons. The van der Waals surface area contributed by atoms with Gasteiger partial charge in [0.05, 0.1) is 5.69 Å². The van der Waals surface area contributed by atoms with E-state index in [9.17, 15) is 4.79 Å². The summed E-state index contributed by atoms with van der Waals surface area (Å²) in [6.07, 6.45) is 4.29. The molecule has 7 heteroatoms. The van der Waals surface area contributed by atoms with Crippen molar-refractivity contribution in [1.82, 2.24) is 14.7 Å². The first kappa shape index (κ1) is 20.2. The largest absolute Gasteiger partial charge is 0.338 e. The van der Waals surface area contributed by atoms with Crippen LogP contribution in [0.4, 0.5) is 0 Å². The molecule has 5 nitrogen and oxygen atoms in total. The average Bonchev–Trinajstić information content (AvgIpc) is 2.69. The number of piperidine rings is 1. The molecule has 1 fully saturated rings. The Morgan fingerprint density at radius 1 is 1.38 bits per heavy atom. The molecule has 0 spiro atoms. The number of aromatic nitrogens is 2. The molecular weight excluding hydrogens is 311 g/mol. The first-order valence-electron chi connectivity index (χ1n) is 7.12. The van der Waals surface area contributed by atoms with Crippen LogP contribution >= 0.6 is 24.8 Å². The van der Waals surface area contributed by atoms with Crippen LogP contribution in [0, 0.1) is 13.8 Å². The van der Waals surface area contributed by atoms with Crippen LogP contribution in [0.15, 0.2) is 6.07 Å². The van der Waals surface area contributed by atoms with Crippen LogP contribution in [-0.4, -0.2) is 39.7 Å². The molecule has 1 unspecified atom stereocenters. The highest BCUT2D eigenvalue weighted by Crippen LogP contribution is 2.20. The van der Waals surface area contributed by atoms with Gasteiger partial charge in [-0.1, -0.05) is 0 Å². The molecule has 2 heterocycles. The average molecular weight is 337 g/mol. The van der Waals surface area contributed by atoms with E-state index in [0.29, 0.717) is 19.1 Å². The zero-order valence-corrected chi connectivity index (χ0v) is 14.4. The fourth-order valence-corrected chi connectivity index (χ4v) is 2.88. The van der Waals surface area contributed by atoms with Crippen molar-refractivity contribution in [3.8, 4) is 0 Å². The monoisotopic (exact) mass is 336 g/mol. The maximum Gasteiger partial charge on any atom is 0.244 e. The highest BCUT2D eigenvalue weighted by Gasteiger charge is 2.26. The summed E-state index contributed by atoms with van der Waals surface area (Å²) in [7, 11) is 0. The van der Waals surface area contributed by atoms with E-state index in [1.807, 2.05) is 24.8 Å². The molecule has 0 aromatic carbocycles. The highest BCUT2D eigenvalue weighted by molar-refractivity contribution is 5.85. The van der Waals surface area contributed by atoms with Crippen molar-refractivity contribution in [1.29, 1.82) is 0 Å². The molecule has 21 heavy (non-hydrogen) atoms. The van der Waals surface area contributed by atoms with Crippen molar-refractivity contribution in [3.63, 3.8) is 0 Å². The van der Waals surface area contributed by atoms with Gasteiger partial charge in [0, 0.05) is 18.3 Å². The van der Waals surface area contributed by atoms with E-state index in [1.54, 1.807) is 4.68 Å². The second-order valence-electron chi connectivity index (χ2n) is 5.40. The molecule has 1 aliphatic rings. The third kappa shape index (κ3) is 5.16. The Balaban J connectivity index is 0.00000200. The van der Waals surface area contributed by atoms with Gasteiger partial charge >= 0.3 is 0 Å². The molecule has 2 N–H and O–H groups in total. The molecule has 0 bridgehead atoms. The summed E-state index contributed by atoms with van der Waals surface area (Å²) in [5, 5.41) is 4.36. The van der Waals surface area contributed by atoms with Crippen molar-refractivity contribution < 1.29 is 4.79 Å². The number of carbonyl (C=O) groups is 1. The van der Waals surface area contributed by atoms with E-state index in [1.165, 1.54) is 6.42 Å². The van der Waals surface area contributed by atoms with Crippen LogP contribution in [0.3, 0.4) is 0 Å². The number of likely N-dealkylation sites (tertiary alicyclic amines) is 1. The maximum absolute atomic E-state index is 12.4. The summed E-state index contributed by atoms with van der Waals surface area (Å²) in [5.41, 5.74) is 7.65. The van der Waals surface area contributed by atoms with Crippen LogP contribution in [0.2, 0.25) is 0 Å². The zero-order valence-electron chi connectivity index (χ0n) is 12.7. The van der Waals surface area contributed by atoms with Crippen molar-refractivity contribution in [2.75, 3.05) is 13.1 Å². The number of hydrogen-bond donors (Lipinski definition) is 1. The number of nitrogens with zero attached hydrogens (tertiary/aromatic N) is 3. The number of rotatable bonds is 4. The van der Waals surface area contributed by atoms with Gasteiger partial charge in [-0.2, -0.15) is 5.10 Å². The number of nitrogens with two attached hydrogens (primary N) is 1. The van der Waals surface area contributed by atoms with Gasteiger partial charge in [0.25, 0.3) is 0 Å². The van der Waals surface area contributed by atoms with Gasteiger partial charge in [-0.3, -0.25) is 9.48 Å². The van der Waals surface area contributed by atoms with Gasteiger partial charge in [-0.05, 0) is 52.1 Å². The SMILES string of the molecule is Cc1cc(C)n(CC(=O)N2CCCCC2CCN)n1.Cl.Cl. The Bertz CT molecular complexity index is 448. The molecule has 1 aromatic rings. The van der Waals surface area contributed by atoms with Crippen LogP contribution in [0.25, 0.3) is 0 Å². The van der Waals surface area contributed by atoms with Crippen LogP contribution in [-0.2, 0) is 11.3 Å². The third-order valence-electron chi connectivity index (χ3n) is 3.84. The van der Waals surface area contributed by atoms with Crippen molar-refractivity contribution in [2.45, 2.75) is 52.1 Å². The maximum atomic E-state index is 12.4. The number of hydrogen-bond acceptors (Lipinski definition) is 3. The second-order valence-corrected chi connectivity index (χ2v) is 5.40. The minimum Gasteiger partial charge on any atom is -0.338 e. The molecule has 1 aliphatic heterocycles. The van der Waals surface area contributed by atoms with Crippen LogP contribution in [0.1, 0.15) is 37.1 Å². The molecule has 1 aromatic heterocycles. The zero-order chi connectivity index (χ0) is 13.8. The molecule has 1 saturated heterocycles. The number of amides is 1. The summed E-state index contributed by atoms with van der Waals surface area (Å²) in [6, 6.07) is 2.32. The molecule has 1 amide bonds. The predicted octanol–water partition coefficient (Wildman–Crippen LogP) is 2.07. The lowest BCUT2D eigenvalue weighted by molar-refractivity contribution is -0.135. The highest BCUT2D eigenvalue weighted by atomic mass is 35.5. The molecule has 122 valence electrons. The van der Waals surface area contributed by atoms with Crippen molar-refractivity contribution >= 4 is 30.7 Å². The topological polar surface area (TPSA) is 64.2 Å². The van der Waals surface area contributed by atoms with E-state index in [4.69, 9.17) is 5.73 Å². The first-order chi connectivity index (χ1) is 9.11. The van der Waals surface area contributed by atoms with E-state index < -0.39 is 0 Å². The Kier molecular flexibility index (Phi) is 8.94.